The van der Waals surface area contributed by atoms with E-state index in [4.69, 9.17) is 5.73 Å². The van der Waals surface area contributed by atoms with E-state index in [0.29, 0.717) is 12.1 Å². The molecule has 19 heavy (non-hydrogen) atoms. The molecule has 0 saturated heterocycles. The lowest BCUT2D eigenvalue weighted by atomic mass is 9.93. The molecule has 5 heteroatoms. The molecule has 1 rings (SSSR count). The number of hydrogen-bond donors (Lipinski definition) is 1. The van der Waals surface area contributed by atoms with E-state index in [1.807, 2.05) is 6.07 Å². The summed E-state index contributed by atoms with van der Waals surface area (Å²) in [5.41, 5.74) is 7.64. The van der Waals surface area contributed by atoms with Crippen LogP contribution in [0.1, 0.15) is 26.3 Å². The highest BCUT2D eigenvalue weighted by Crippen LogP contribution is 2.26. The van der Waals surface area contributed by atoms with Crippen LogP contribution in [0.2, 0.25) is 0 Å². The van der Waals surface area contributed by atoms with Gasteiger partial charge in [-0.15, -0.1) is 0 Å². The van der Waals surface area contributed by atoms with Crippen molar-refractivity contribution >= 4 is 11.4 Å². The minimum absolute atomic E-state index is 0.0195. The van der Waals surface area contributed by atoms with Crippen molar-refractivity contribution in [2.45, 2.75) is 27.7 Å². The summed E-state index contributed by atoms with van der Waals surface area (Å²) in [6, 6.07) is 5.25. The molecule has 0 radical (unpaired) electrons. The molecule has 0 aliphatic carbocycles. The molecule has 0 aliphatic rings. The van der Waals surface area contributed by atoms with Crippen molar-refractivity contribution in [2.24, 2.45) is 11.1 Å². The topological polar surface area (TPSA) is 72.4 Å². The molecule has 0 aliphatic heterocycles. The number of hydrogen-bond acceptors (Lipinski definition) is 4. The Morgan fingerprint density at radius 2 is 2.05 bits per heavy atom. The number of anilines is 1. The van der Waals surface area contributed by atoms with Gasteiger partial charge in [0.2, 0.25) is 0 Å². The fraction of sp³-hybridized carbons (Fsp3) is 0.571. The molecule has 0 saturated carbocycles. The van der Waals surface area contributed by atoms with Crippen LogP contribution in [0.3, 0.4) is 0 Å². The fourth-order valence-corrected chi connectivity index (χ4v) is 2.01. The van der Waals surface area contributed by atoms with Gasteiger partial charge in [-0.25, -0.2) is 0 Å². The van der Waals surface area contributed by atoms with E-state index < -0.39 is 0 Å². The van der Waals surface area contributed by atoms with Crippen LogP contribution in [-0.4, -0.2) is 24.6 Å². The second-order valence-corrected chi connectivity index (χ2v) is 5.61. The van der Waals surface area contributed by atoms with Crippen molar-refractivity contribution in [2.75, 3.05) is 24.5 Å². The van der Waals surface area contributed by atoms with Crippen LogP contribution < -0.4 is 10.6 Å². The summed E-state index contributed by atoms with van der Waals surface area (Å²) >= 11 is 0. The number of nitro benzene ring substituents is 1. The van der Waals surface area contributed by atoms with Crippen LogP contribution in [0.5, 0.6) is 0 Å². The zero-order valence-corrected chi connectivity index (χ0v) is 12.1. The molecular formula is C14H23N3O2. The maximum absolute atomic E-state index is 10.8. The number of nitrogens with zero attached hydrogens (tertiary/aromatic N) is 2. The molecular weight excluding hydrogens is 242 g/mol. The maximum Gasteiger partial charge on any atom is 0.272 e. The first-order valence-electron chi connectivity index (χ1n) is 6.51. The second kappa shape index (κ2) is 6.02. The van der Waals surface area contributed by atoms with Crippen LogP contribution in [0, 0.1) is 22.5 Å². The molecule has 0 amide bonds. The van der Waals surface area contributed by atoms with Crippen LogP contribution in [0.15, 0.2) is 18.2 Å². The largest absolute Gasteiger partial charge is 0.371 e. The third-order valence-corrected chi connectivity index (χ3v) is 3.30. The third-order valence-electron chi connectivity index (χ3n) is 3.30. The van der Waals surface area contributed by atoms with Gasteiger partial charge < -0.3 is 10.6 Å². The van der Waals surface area contributed by atoms with E-state index in [0.717, 1.165) is 18.8 Å². The summed E-state index contributed by atoms with van der Waals surface area (Å²) in [4.78, 5) is 12.7. The van der Waals surface area contributed by atoms with Gasteiger partial charge >= 0.3 is 0 Å². The van der Waals surface area contributed by atoms with Crippen molar-refractivity contribution in [1.82, 2.24) is 0 Å². The number of nitrogens with two attached hydrogens (primary N) is 1. The summed E-state index contributed by atoms with van der Waals surface area (Å²) in [7, 11) is 0. The molecule has 106 valence electrons. The smallest absolute Gasteiger partial charge is 0.272 e. The van der Waals surface area contributed by atoms with Gasteiger partial charge in [0.05, 0.1) is 4.92 Å². The zero-order chi connectivity index (χ0) is 14.6. The minimum atomic E-state index is -0.348. The summed E-state index contributed by atoms with van der Waals surface area (Å²) in [6.07, 6.45) is 0. The van der Waals surface area contributed by atoms with Gasteiger partial charge in [-0.3, -0.25) is 10.1 Å². The van der Waals surface area contributed by atoms with Crippen molar-refractivity contribution < 1.29 is 4.92 Å². The Labute approximate surface area is 114 Å². The molecule has 0 atom stereocenters. The molecule has 1 aromatic carbocycles. The normalized spacial score (nSPS) is 11.4. The third kappa shape index (κ3) is 3.92. The minimum Gasteiger partial charge on any atom is -0.371 e. The van der Waals surface area contributed by atoms with Gasteiger partial charge in [-0.2, -0.15) is 0 Å². The van der Waals surface area contributed by atoms with Gasteiger partial charge in [0.25, 0.3) is 5.69 Å². The van der Waals surface area contributed by atoms with Gasteiger partial charge in [0.15, 0.2) is 0 Å². The Bertz CT molecular complexity index is 458. The predicted octanol–water partition coefficient (Wildman–Crippen LogP) is 2.71. The summed E-state index contributed by atoms with van der Waals surface area (Å²) < 4.78 is 0. The SMILES string of the molecule is CCN(CC(C)(C)CN)c1ccc([N+](=O)[O-])c(C)c1. The quantitative estimate of drug-likeness (QED) is 0.634. The highest BCUT2D eigenvalue weighted by atomic mass is 16.6. The zero-order valence-electron chi connectivity index (χ0n) is 12.1. The first-order valence-corrected chi connectivity index (χ1v) is 6.51. The summed E-state index contributed by atoms with van der Waals surface area (Å²) in [5.74, 6) is 0. The van der Waals surface area contributed by atoms with Crippen LogP contribution in [-0.2, 0) is 0 Å². The van der Waals surface area contributed by atoms with Crippen molar-refractivity contribution in [3.05, 3.63) is 33.9 Å². The maximum atomic E-state index is 10.8. The molecule has 0 bridgehead atoms. The highest BCUT2D eigenvalue weighted by Gasteiger charge is 2.21. The van der Waals surface area contributed by atoms with Crippen molar-refractivity contribution in [3.8, 4) is 0 Å². The van der Waals surface area contributed by atoms with E-state index in [9.17, 15) is 10.1 Å². The summed E-state index contributed by atoms with van der Waals surface area (Å²) in [6.45, 7) is 10.4. The fourth-order valence-electron chi connectivity index (χ4n) is 2.01. The van der Waals surface area contributed by atoms with Gasteiger partial charge in [-0.1, -0.05) is 13.8 Å². The molecule has 5 nitrogen and oxygen atoms in total. The van der Waals surface area contributed by atoms with Crippen LogP contribution in [0.4, 0.5) is 11.4 Å². The molecule has 1 aromatic rings. The van der Waals surface area contributed by atoms with E-state index in [1.54, 1.807) is 19.1 Å². The first-order chi connectivity index (χ1) is 8.80. The number of benzene rings is 1. The van der Waals surface area contributed by atoms with Gasteiger partial charge in [0.1, 0.15) is 0 Å². The number of nitro groups is 1. The Hall–Kier alpha value is -1.62. The van der Waals surface area contributed by atoms with Gasteiger partial charge in [0, 0.05) is 30.4 Å². The average molecular weight is 265 g/mol. The van der Waals surface area contributed by atoms with Crippen LogP contribution in [0.25, 0.3) is 0 Å². The molecule has 2 N–H and O–H groups in total. The first kappa shape index (κ1) is 15.4. The lowest BCUT2D eigenvalue weighted by Crippen LogP contribution is -2.38. The molecule has 0 fully saturated rings. The lowest BCUT2D eigenvalue weighted by Gasteiger charge is -2.32. The van der Waals surface area contributed by atoms with Crippen LogP contribution >= 0.6 is 0 Å². The van der Waals surface area contributed by atoms with Crippen molar-refractivity contribution in [1.29, 1.82) is 0 Å². The Balaban J connectivity index is 3.00. The average Bonchev–Trinajstić information content (AvgIpc) is 2.35. The van der Waals surface area contributed by atoms with E-state index in [-0.39, 0.29) is 16.0 Å². The Morgan fingerprint density at radius 3 is 2.47 bits per heavy atom. The highest BCUT2D eigenvalue weighted by molar-refractivity contribution is 5.55. The molecule has 0 spiro atoms. The molecule has 0 unspecified atom stereocenters. The van der Waals surface area contributed by atoms with E-state index >= 15 is 0 Å². The lowest BCUT2D eigenvalue weighted by molar-refractivity contribution is -0.385. The van der Waals surface area contributed by atoms with Gasteiger partial charge in [-0.05, 0) is 37.9 Å². The van der Waals surface area contributed by atoms with Crippen molar-refractivity contribution in [3.63, 3.8) is 0 Å². The number of aryl methyl sites for hydroxylation is 1. The standard InChI is InChI=1S/C14H23N3O2/c1-5-16(10-14(3,4)9-15)12-6-7-13(17(18)19)11(2)8-12/h6-8H,5,9-10,15H2,1-4H3. The number of rotatable bonds is 6. The monoisotopic (exact) mass is 265 g/mol. The Morgan fingerprint density at radius 1 is 1.42 bits per heavy atom. The molecule has 0 aromatic heterocycles. The Kier molecular flexibility index (Phi) is 4.89. The summed E-state index contributed by atoms with van der Waals surface area (Å²) in [5, 5.41) is 10.8. The second-order valence-electron chi connectivity index (χ2n) is 5.61. The van der Waals surface area contributed by atoms with E-state index in [2.05, 4.69) is 25.7 Å². The molecule has 0 heterocycles. The predicted molar refractivity (Wildman–Crippen MR) is 78.6 cm³/mol. The van der Waals surface area contributed by atoms with E-state index in [1.165, 1.54) is 0 Å².